The number of rotatable bonds is 4. The number of hydrogen-bond acceptors (Lipinski definition) is 6. The van der Waals surface area contributed by atoms with E-state index in [0.29, 0.717) is 10.8 Å². The molecular formula is C16H16N6O2S. The topological polar surface area (TPSA) is 102 Å². The lowest BCUT2D eigenvalue weighted by Crippen LogP contribution is -2.37. The van der Waals surface area contributed by atoms with Crippen LogP contribution in [-0.2, 0) is 16.6 Å². The molecule has 8 nitrogen and oxygen atoms in total. The van der Waals surface area contributed by atoms with Crippen molar-refractivity contribution in [3.05, 3.63) is 48.5 Å². The van der Waals surface area contributed by atoms with Crippen LogP contribution in [0.25, 0.3) is 11.3 Å². The maximum atomic E-state index is 12.1. The lowest BCUT2D eigenvalue weighted by atomic mass is 10.2. The van der Waals surface area contributed by atoms with Crippen molar-refractivity contribution >= 4 is 28.3 Å². The van der Waals surface area contributed by atoms with Crippen molar-refractivity contribution < 1.29 is 9.59 Å². The molecule has 0 saturated heterocycles. The molecule has 0 unspecified atom stereocenters. The Morgan fingerprint density at radius 1 is 1.20 bits per heavy atom. The first-order valence-electron chi connectivity index (χ1n) is 7.52. The van der Waals surface area contributed by atoms with Gasteiger partial charge in [-0.3, -0.25) is 9.59 Å². The van der Waals surface area contributed by atoms with Gasteiger partial charge in [0.1, 0.15) is 11.3 Å². The van der Waals surface area contributed by atoms with E-state index < -0.39 is 17.9 Å². The van der Waals surface area contributed by atoms with Gasteiger partial charge in [-0.25, -0.2) is 0 Å². The molecule has 0 aliphatic carbocycles. The van der Waals surface area contributed by atoms with E-state index in [2.05, 4.69) is 25.2 Å². The van der Waals surface area contributed by atoms with Crippen LogP contribution in [0.15, 0.2) is 42.7 Å². The molecule has 3 rings (SSSR count). The van der Waals surface area contributed by atoms with Crippen LogP contribution in [0.3, 0.4) is 0 Å². The lowest BCUT2D eigenvalue weighted by Gasteiger charge is -2.12. The summed E-state index contributed by atoms with van der Waals surface area (Å²) in [5, 5.41) is 13.3. The third kappa shape index (κ3) is 3.89. The highest BCUT2D eigenvalue weighted by atomic mass is 32.1. The second-order valence-electron chi connectivity index (χ2n) is 5.39. The smallest absolute Gasteiger partial charge is 0.314 e. The summed E-state index contributed by atoms with van der Waals surface area (Å²) in [6, 6.07) is 10.9. The van der Waals surface area contributed by atoms with E-state index in [1.54, 1.807) is 24.6 Å². The Hall–Kier alpha value is -3.07. The highest BCUT2D eigenvalue weighted by Crippen LogP contribution is 2.25. The number of aromatic nitrogens is 4. The van der Waals surface area contributed by atoms with E-state index >= 15 is 0 Å². The summed E-state index contributed by atoms with van der Waals surface area (Å²) in [5.74, 6) is -0.937. The van der Waals surface area contributed by atoms with Crippen LogP contribution in [0.5, 0.6) is 0 Å². The predicted molar refractivity (Wildman–Crippen MR) is 93.7 cm³/mol. The van der Waals surface area contributed by atoms with Gasteiger partial charge in [-0.05, 0) is 18.5 Å². The fraction of sp³-hybridized carbons (Fsp3) is 0.188. The van der Waals surface area contributed by atoms with Crippen molar-refractivity contribution in [2.75, 3.05) is 5.32 Å². The molecule has 0 bridgehead atoms. The molecule has 1 atom stereocenters. The summed E-state index contributed by atoms with van der Waals surface area (Å²) >= 11 is 1.12. The molecule has 0 aliphatic heterocycles. The van der Waals surface area contributed by atoms with Gasteiger partial charge in [-0.2, -0.15) is 4.37 Å². The Bertz CT molecular complexity index is 889. The van der Waals surface area contributed by atoms with Crippen LogP contribution in [0.1, 0.15) is 18.8 Å². The number of benzene rings is 1. The van der Waals surface area contributed by atoms with Gasteiger partial charge in [-0.1, -0.05) is 30.3 Å². The summed E-state index contributed by atoms with van der Waals surface area (Å²) in [6.45, 7) is 1.73. The van der Waals surface area contributed by atoms with Crippen molar-refractivity contribution in [2.24, 2.45) is 7.05 Å². The molecule has 1 aromatic carbocycles. The minimum absolute atomic E-state index is 0.438. The zero-order chi connectivity index (χ0) is 17.8. The minimum Gasteiger partial charge on any atom is -0.338 e. The number of anilines is 1. The first-order valence-corrected chi connectivity index (χ1v) is 8.30. The standard InChI is InChI=1S/C16H16N6O2S/c1-10(14-20-17-9-22(14)2)18-15(23)16(24)19-13-8-12(21-25-13)11-6-4-3-5-7-11/h3-10H,1-2H3,(H,18,23)(H,19,24)/t10-/m0/s1. The molecule has 9 heteroatoms. The van der Waals surface area contributed by atoms with Crippen molar-refractivity contribution in [1.82, 2.24) is 24.5 Å². The predicted octanol–water partition coefficient (Wildman–Crippen LogP) is 1.75. The SMILES string of the molecule is C[C@H](NC(=O)C(=O)Nc1cc(-c2ccccc2)ns1)c1nncn1C. The molecule has 2 heterocycles. The summed E-state index contributed by atoms with van der Waals surface area (Å²) in [6.07, 6.45) is 1.53. The van der Waals surface area contributed by atoms with E-state index in [1.807, 2.05) is 30.3 Å². The van der Waals surface area contributed by atoms with Crippen molar-refractivity contribution in [3.63, 3.8) is 0 Å². The Labute approximate surface area is 148 Å². The average molecular weight is 356 g/mol. The third-order valence-corrected chi connectivity index (χ3v) is 4.21. The van der Waals surface area contributed by atoms with E-state index in [1.165, 1.54) is 6.33 Å². The van der Waals surface area contributed by atoms with Gasteiger partial charge >= 0.3 is 11.8 Å². The quantitative estimate of drug-likeness (QED) is 0.694. The van der Waals surface area contributed by atoms with Crippen LogP contribution >= 0.6 is 11.5 Å². The highest BCUT2D eigenvalue weighted by molar-refractivity contribution is 7.10. The Morgan fingerprint density at radius 3 is 2.64 bits per heavy atom. The number of aryl methyl sites for hydroxylation is 1. The maximum absolute atomic E-state index is 12.1. The minimum atomic E-state index is -0.753. The number of nitrogens with zero attached hydrogens (tertiary/aromatic N) is 4. The first-order chi connectivity index (χ1) is 12.0. The molecule has 0 saturated carbocycles. The monoisotopic (exact) mass is 356 g/mol. The van der Waals surface area contributed by atoms with Crippen molar-refractivity contribution in [2.45, 2.75) is 13.0 Å². The van der Waals surface area contributed by atoms with E-state index in [9.17, 15) is 9.59 Å². The summed E-state index contributed by atoms with van der Waals surface area (Å²) in [5.41, 5.74) is 1.69. The molecule has 2 amide bonds. The molecule has 3 aromatic rings. The molecular weight excluding hydrogens is 340 g/mol. The molecule has 2 N–H and O–H groups in total. The Morgan fingerprint density at radius 2 is 1.96 bits per heavy atom. The summed E-state index contributed by atoms with van der Waals surface area (Å²) in [4.78, 5) is 24.1. The lowest BCUT2D eigenvalue weighted by molar-refractivity contribution is -0.136. The average Bonchev–Trinajstić information content (AvgIpc) is 3.24. The van der Waals surface area contributed by atoms with Crippen LogP contribution in [0, 0.1) is 0 Å². The molecule has 0 aliphatic rings. The molecule has 0 spiro atoms. The van der Waals surface area contributed by atoms with Gasteiger partial charge in [0.25, 0.3) is 0 Å². The maximum Gasteiger partial charge on any atom is 0.314 e. The van der Waals surface area contributed by atoms with E-state index in [4.69, 9.17) is 0 Å². The Balaban J connectivity index is 1.61. The number of nitrogens with one attached hydrogen (secondary N) is 2. The third-order valence-electron chi connectivity index (χ3n) is 3.50. The number of carbonyl (C=O) groups excluding carboxylic acids is 2. The van der Waals surface area contributed by atoms with Gasteiger partial charge in [0.05, 0.1) is 11.7 Å². The van der Waals surface area contributed by atoms with Gasteiger partial charge < -0.3 is 15.2 Å². The molecule has 0 radical (unpaired) electrons. The van der Waals surface area contributed by atoms with Crippen molar-refractivity contribution in [1.29, 1.82) is 0 Å². The zero-order valence-corrected chi connectivity index (χ0v) is 14.4. The van der Waals surface area contributed by atoms with Crippen molar-refractivity contribution in [3.8, 4) is 11.3 Å². The van der Waals surface area contributed by atoms with E-state index in [-0.39, 0.29) is 0 Å². The van der Waals surface area contributed by atoms with Gasteiger partial charge in [0.2, 0.25) is 0 Å². The normalized spacial score (nSPS) is 11.8. The van der Waals surface area contributed by atoms with Gasteiger partial charge in [0, 0.05) is 18.7 Å². The second-order valence-corrected chi connectivity index (χ2v) is 6.20. The molecule has 0 fully saturated rings. The number of carbonyl (C=O) groups is 2. The Kier molecular flexibility index (Phi) is 4.85. The van der Waals surface area contributed by atoms with E-state index in [0.717, 1.165) is 22.8 Å². The zero-order valence-electron chi connectivity index (χ0n) is 13.6. The summed E-state index contributed by atoms with van der Waals surface area (Å²) < 4.78 is 5.96. The van der Waals surface area contributed by atoms with Gasteiger partial charge in [0.15, 0.2) is 5.82 Å². The first kappa shape index (κ1) is 16.8. The van der Waals surface area contributed by atoms with Crippen LogP contribution in [0.4, 0.5) is 5.00 Å². The fourth-order valence-corrected chi connectivity index (χ4v) is 2.92. The summed E-state index contributed by atoms with van der Waals surface area (Å²) in [7, 11) is 1.76. The highest BCUT2D eigenvalue weighted by Gasteiger charge is 2.20. The van der Waals surface area contributed by atoms with Crippen LogP contribution in [-0.4, -0.2) is 31.0 Å². The number of amides is 2. The molecule has 25 heavy (non-hydrogen) atoms. The molecule has 2 aromatic heterocycles. The van der Waals surface area contributed by atoms with Crippen LogP contribution < -0.4 is 10.6 Å². The molecule has 128 valence electrons. The second kappa shape index (κ2) is 7.22. The largest absolute Gasteiger partial charge is 0.338 e. The van der Waals surface area contributed by atoms with Gasteiger partial charge in [-0.15, -0.1) is 10.2 Å². The van der Waals surface area contributed by atoms with Crippen LogP contribution in [0.2, 0.25) is 0 Å². The fourth-order valence-electron chi connectivity index (χ4n) is 2.26. The number of hydrogen-bond donors (Lipinski definition) is 2.